The maximum absolute atomic E-state index is 12.3. The van der Waals surface area contributed by atoms with Crippen LogP contribution < -0.4 is 10.1 Å². The minimum Gasteiger partial charge on any atom is -0.496 e. The van der Waals surface area contributed by atoms with Crippen LogP contribution in [0, 0.1) is 0 Å². The van der Waals surface area contributed by atoms with Crippen LogP contribution in [-0.4, -0.2) is 18.0 Å². The van der Waals surface area contributed by atoms with E-state index in [1.807, 2.05) is 22.9 Å². The zero-order valence-electron chi connectivity index (χ0n) is 11.5. The van der Waals surface area contributed by atoms with Crippen LogP contribution in [0.15, 0.2) is 45.6 Å². The molecule has 0 aliphatic rings. The van der Waals surface area contributed by atoms with Crippen LogP contribution >= 0.6 is 38.6 Å². The number of amides is 1. The first-order chi connectivity index (χ1) is 10.7. The number of thiophene rings is 1. The standard InChI is InChI=1S/C15H11BrN2O2S2/c1-20-12-5-4-9(7-10(12)16)14(19)18-15-17-11(8-22-15)13-3-2-6-21-13/h2-8H,1H3,(H,17,18,19). The van der Waals surface area contributed by atoms with E-state index in [1.54, 1.807) is 36.6 Å². The molecule has 0 saturated carbocycles. The van der Waals surface area contributed by atoms with Crippen LogP contribution in [-0.2, 0) is 0 Å². The van der Waals surface area contributed by atoms with E-state index in [1.165, 1.54) is 11.3 Å². The van der Waals surface area contributed by atoms with E-state index in [9.17, 15) is 4.79 Å². The predicted octanol–water partition coefficient (Wildman–Crippen LogP) is 4.90. The van der Waals surface area contributed by atoms with E-state index in [-0.39, 0.29) is 5.91 Å². The molecule has 1 amide bonds. The van der Waals surface area contributed by atoms with Crippen LogP contribution in [0.25, 0.3) is 10.6 Å². The van der Waals surface area contributed by atoms with E-state index in [0.29, 0.717) is 16.4 Å². The third-order valence-electron chi connectivity index (χ3n) is 2.91. The molecule has 0 fully saturated rings. The Hall–Kier alpha value is -1.70. The lowest BCUT2D eigenvalue weighted by Gasteiger charge is -2.06. The van der Waals surface area contributed by atoms with Crippen molar-refractivity contribution >= 4 is 49.6 Å². The Morgan fingerprint density at radius 3 is 2.86 bits per heavy atom. The third kappa shape index (κ3) is 3.21. The highest BCUT2D eigenvalue weighted by molar-refractivity contribution is 9.10. The zero-order chi connectivity index (χ0) is 15.5. The van der Waals surface area contributed by atoms with Crippen molar-refractivity contribution in [2.75, 3.05) is 12.4 Å². The van der Waals surface area contributed by atoms with Gasteiger partial charge in [0.15, 0.2) is 5.13 Å². The average Bonchev–Trinajstić information content (AvgIpc) is 3.17. The first kappa shape index (κ1) is 15.2. The van der Waals surface area contributed by atoms with Gasteiger partial charge in [-0.15, -0.1) is 22.7 Å². The summed E-state index contributed by atoms with van der Waals surface area (Å²) >= 11 is 6.41. The molecule has 3 aromatic rings. The number of aromatic nitrogens is 1. The minimum atomic E-state index is -0.199. The van der Waals surface area contributed by atoms with E-state index in [0.717, 1.165) is 15.0 Å². The molecular weight excluding hydrogens is 384 g/mol. The maximum Gasteiger partial charge on any atom is 0.257 e. The molecule has 2 aromatic heterocycles. The Bertz CT molecular complexity index is 800. The molecule has 0 radical (unpaired) electrons. The van der Waals surface area contributed by atoms with Crippen molar-refractivity contribution in [2.24, 2.45) is 0 Å². The normalized spacial score (nSPS) is 10.5. The van der Waals surface area contributed by atoms with E-state index < -0.39 is 0 Å². The fourth-order valence-corrected chi connectivity index (χ4v) is 3.85. The maximum atomic E-state index is 12.3. The predicted molar refractivity (Wildman–Crippen MR) is 94.1 cm³/mol. The molecule has 0 bridgehead atoms. The molecule has 0 spiro atoms. The molecule has 1 aromatic carbocycles. The molecule has 2 heterocycles. The number of nitrogens with zero attached hydrogens (tertiary/aromatic N) is 1. The van der Waals surface area contributed by atoms with E-state index in [4.69, 9.17) is 4.74 Å². The molecule has 0 aliphatic heterocycles. The highest BCUT2D eigenvalue weighted by Gasteiger charge is 2.12. The Labute approximate surface area is 143 Å². The van der Waals surface area contributed by atoms with Crippen molar-refractivity contribution < 1.29 is 9.53 Å². The highest BCUT2D eigenvalue weighted by atomic mass is 79.9. The van der Waals surface area contributed by atoms with Crippen molar-refractivity contribution in [3.63, 3.8) is 0 Å². The number of rotatable bonds is 4. The number of carbonyl (C=O) groups excluding carboxylic acids is 1. The van der Waals surface area contributed by atoms with Crippen LogP contribution in [0.1, 0.15) is 10.4 Å². The van der Waals surface area contributed by atoms with Crippen molar-refractivity contribution in [1.82, 2.24) is 4.98 Å². The number of methoxy groups -OCH3 is 1. The van der Waals surface area contributed by atoms with Gasteiger partial charge in [0.1, 0.15) is 5.75 Å². The van der Waals surface area contributed by atoms with Gasteiger partial charge in [-0.1, -0.05) is 6.07 Å². The second-order valence-electron chi connectivity index (χ2n) is 4.32. The zero-order valence-corrected chi connectivity index (χ0v) is 14.7. The van der Waals surface area contributed by atoms with E-state index >= 15 is 0 Å². The summed E-state index contributed by atoms with van der Waals surface area (Å²) in [5.41, 5.74) is 1.42. The molecular formula is C15H11BrN2O2S2. The number of carbonyl (C=O) groups is 1. The smallest absolute Gasteiger partial charge is 0.257 e. The van der Waals surface area contributed by atoms with Gasteiger partial charge >= 0.3 is 0 Å². The summed E-state index contributed by atoms with van der Waals surface area (Å²) < 4.78 is 5.89. The first-order valence-corrected chi connectivity index (χ1v) is 8.87. The Balaban J connectivity index is 1.76. The molecule has 112 valence electrons. The van der Waals surface area contributed by atoms with Gasteiger partial charge in [-0.25, -0.2) is 4.98 Å². The molecule has 1 N–H and O–H groups in total. The summed E-state index contributed by atoms with van der Waals surface area (Å²) in [6.45, 7) is 0. The van der Waals surface area contributed by atoms with Crippen LogP contribution in [0.3, 0.4) is 0 Å². The van der Waals surface area contributed by atoms with Gasteiger partial charge in [0, 0.05) is 10.9 Å². The first-order valence-electron chi connectivity index (χ1n) is 6.31. The summed E-state index contributed by atoms with van der Waals surface area (Å²) in [5.74, 6) is 0.487. The fraction of sp³-hybridized carbons (Fsp3) is 0.0667. The second kappa shape index (κ2) is 6.60. The number of thiazole rings is 1. The molecule has 4 nitrogen and oxygen atoms in total. The SMILES string of the molecule is COc1ccc(C(=O)Nc2nc(-c3cccs3)cs2)cc1Br. The van der Waals surface area contributed by atoms with Gasteiger partial charge in [-0.3, -0.25) is 10.1 Å². The summed E-state index contributed by atoms with van der Waals surface area (Å²) in [6.07, 6.45) is 0. The Morgan fingerprint density at radius 1 is 1.32 bits per heavy atom. The van der Waals surface area contributed by atoms with Gasteiger partial charge in [-0.05, 0) is 45.6 Å². The largest absolute Gasteiger partial charge is 0.496 e. The average molecular weight is 395 g/mol. The molecule has 22 heavy (non-hydrogen) atoms. The van der Waals surface area contributed by atoms with Crippen LogP contribution in [0.5, 0.6) is 5.75 Å². The van der Waals surface area contributed by atoms with Crippen molar-refractivity contribution in [3.05, 3.63) is 51.1 Å². The fourth-order valence-electron chi connectivity index (χ4n) is 1.85. The Morgan fingerprint density at radius 2 is 2.18 bits per heavy atom. The van der Waals surface area contributed by atoms with Gasteiger partial charge in [0.2, 0.25) is 0 Å². The van der Waals surface area contributed by atoms with E-state index in [2.05, 4.69) is 26.2 Å². The summed E-state index contributed by atoms with van der Waals surface area (Å²) in [4.78, 5) is 17.8. The van der Waals surface area contributed by atoms with Crippen molar-refractivity contribution in [1.29, 1.82) is 0 Å². The van der Waals surface area contributed by atoms with Crippen LogP contribution in [0.4, 0.5) is 5.13 Å². The third-order valence-corrected chi connectivity index (χ3v) is 5.18. The molecule has 7 heteroatoms. The number of benzene rings is 1. The molecule has 0 unspecified atom stereocenters. The molecule has 0 atom stereocenters. The summed E-state index contributed by atoms with van der Waals surface area (Å²) in [7, 11) is 1.58. The topological polar surface area (TPSA) is 51.2 Å². The number of ether oxygens (including phenoxy) is 1. The van der Waals surface area contributed by atoms with Crippen molar-refractivity contribution in [3.8, 4) is 16.3 Å². The molecule has 3 rings (SSSR count). The lowest BCUT2D eigenvalue weighted by Crippen LogP contribution is -2.11. The second-order valence-corrected chi connectivity index (χ2v) is 6.98. The van der Waals surface area contributed by atoms with Crippen molar-refractivity contribution in [2.45, 2.75) is 0 Å². The lowest BCUT2D eigenvalue weighted by molar-refractivity contribution is 0.102. The highest BCUT2D eigenvalue weighted by Crippen LogP contribution is 2.29. The minimum absolute atomic E-state index is 0.199. The molecule has 0 saturated heterocycles. The van der Waals surface area contributed by atoms with Gasteiger partial charge in [-0.2, -0.15) is 0 Å². The lowest BCUT2D eigenvalue weighted by atomic mass is 10.2. The number of anilines is 1. The summed E-state index contributed by atoms with van der Waals surface area (Å²) in [5, 5.41) is 7.34. The van der Waals surface area contributed by atoms with Gasteiger partial charge in [0.05, 0.1) is 22.2 Å². The Kier molecular flexibility index (Phi) is 4.56. The number of hydrogen-bond acceptors (Lipinski definition) is 5. The number of hydrogen-bond donors (Lipinski definition) is 1. The molecule has 0 aliphatic carbocycles. The monoisotopic (exact) mass is 394 g/mol. The van der Waals surface area contributed by atoms with Gasteiger partial charge < -0.3 is 4.74 Å². The number of halogens is 1. The number of nitrogens with one attached hydrogen (secondary N) is 1. The van der Waals surface area contributed by atoms with Gasteiger partial charge in [0.25, 0.3) is 5.91 Å². The quantitative estimate of drug-likeness (QED) is 0.684. The van der Waals surface area contributed by atoms with Crippen LogP contribution in [0.2, 0.25) is 0 Å². The summed E-state index contributed by atoms with van der Waals surface area (Å²) in [6, 6.07) is 9.17.